The molecular formula is C23H31N7OS. The molecule has 5 heterocycles. The van der Waals surface area contributed by atoms with Crippen LogP contribution >= 0.6 is 11.3 Å². The number of aromatic nitrogens is 4. The molecule has 0 atom stereocenters. The van der Waals surface area contributed by atoms with Crippen molar-refractivity contribution < 1.29 is 4.79 Å². The van der Waals surface area contributed by atoms with E-state index in [1.807, 2.05) is 11.7 Å². The van der Waals surface area contributed by atoms with E-state index in [-0.39, 0.29) is 5.91 Å². The van der Waals surface area contributed by atoms with Crippen molar-refractivity contribution in [3.8, 4) is 10.6 Å². The Morgan fingerprint density at radius 2 is 1.97 bits per heavy atom. The Bertz CT molecular complexity index is 1080. The molecule has 0 spiro atoms. The van der Waals surface area contributed by atoms with E-state index in [2.05, 4.69) is 32.7 Å². The molecule has 0 aliphatic carbocycles. The van der Waals surface area contributed by atoms with E-state index in [0.29, 0.717) is 17.5 Å². The molecule has 0 aromatic carbocycles. The standard InChI is InChI=1S/C23H31N7OS/c1-29-21-17(6-7-19(27-21)30-12-4-2-3-5-13-30)20(28-29)18-15-26-23(32-18)22(31)25-14-16-8-10-24-11-9-16/h6-7,15-16,24H,2-5,8-14H2,1H3,(H,25,31). The number of nitrogens with one attached hydrogen (secondary N) is 2. The first-order valence-corrected chi connectivity index (χ1v) is 12.5. The van der Waals surface area contributed by atoms with Crippen LogP contribution < -0.4 is 15.5 Å². The summed E-state index contributed by atoms with van der Waals surface area (Å²) >= 11 is 1.39. The fourth-order valence-corrected chi connectivity index (χ4v) is 5.50. The molecule has 2 aliphatic rings. The number of amides is 1. The highest BCUT2D eigenvalue weighted by atomic mass is 32.1. The molecule has 0 unspecified atom stereocenters. The van der Waals surface area contributed by atoms with Crippen molar-refractivity contribution in [2.75, 3.05) is 37.6 Å². The molecule has 2 N–H and O–H groups in total. The molecule has 8 nitrogen and oxygen atoms in total. The van der Waals surface area contributed by atoms with Gasteiger partial charge < -0.3 is 15.5 Å². The lowest BCUT2D eigenvalue weighted by atomic mass is 9.98. The molecule has 3 aromatic rings. The van der Waals surface area contributed by atoms with Crippen molar-refractivity contribution in [2.45, 2.75) is 38.5 Å². The van der Waals surface area contributed by atoms with Crippen LogP contribution in [0.3, 0.4) is 0 Å². The Morgan fingerprint density at radius 1 is 1.19 bits per heavy atom. The Hall–Kier alpha value is -2.52. The van der Waals surface area contributed by atoms with Gasteiger partial charge in [-0.15, -0.1) is 11.3 Å². The van der Waals surface area contributed by atoms with E-state index in [4.69, 9.17) is 10.1 Å². The number of anilines is 1. The van der Waals surface area contributed by atoms with E-state index in [9.17, 15) is 4.79 Å². The number of carbonyl (C=O) groups is 1. The van der Waals surface area contributed by atoms with Gasteiger partial charge in [-0.1, -0.05) is 12.8 Å². The van der Waals surface area contributed by atoms with E-state index >= 15 is 0 Å². The maximum atomic E-state index is 12.6. The maximum Gasteiger partial charge on any atom is 0.280 e. The van der Waals surface area contributed by atoms with Crippen molar-refractivity contribution in [1.82, 2.24) is 30.4 Å². The van der Waals surface area contributed by atoms with Crippen molar-refractivity contribution in [3.63, 3.8) is 0 Å². The summed E-state index contributed by atoms with van der Waals surface area (Å²) in [5.41, 5.74) is 1.71. The number of carbonyl (C=O) groups excluding carboxylic acids is 1. The fraction of sp³-hybridized carbons (Fsp3) is 0.565. The third-order valence-electron chi connectivity index (χ3n) is 6.55. The first-order valence-electron chi connectivity index (χ1n) is 11.7. The van der Waals surface area contributed by atoms with Crippen molar-refractivity contribution in [3.05, 3.63) is 23.3 Å². The zero-order chi connectivity index (χ0) is 21.9. The van der Waals surface area contributed by atoms with Crippen LogP contribution in [0.2, 0.25) is 0 Å². The average Bonchev–Trinajstić information content (AvgIpc) is 3.33. The van der Waals surface area contributed by atoms with Gasteiger partial charge in [0.25, 0.3) is 5.91 Å². The summed E-state index contributed by atoms with van der Waals surface area (Å²) in [4.78, 5) is 25.2. The first kappa shape index (κ1) is 21.3. The van der Waals surface area contributed by atoms with E-state index < -0.39 is 0 Å². The lowest BCUT2D eigenvalue weighted by molar-refractivity contribution is 0.0944. The number of fused-ring (bicyclic) bond motifs is 1. The van der Waals surface area contributed by atoms with Gasteiger partial charge in [0.2, 0.25) is 0 Å². The number of aryl methyl sites for hydroxylation is 1. The predicted octanol–water partition coefficient (Wildman–Crippen LogP) is 3.20. The van der Waals surface area contributed by atoms with Gasteiger partial charge in [0, 0.05) is 38.3 Å². The van der Waals surface area contributed by atoms with Crippen LogP contribution in [-0.4, -0.2) is 58.4 Å². The van der Waals surface area contributed by atoms with Gasteiger partial charge in [0.05, 0.1) is 4.88 Å². The third-order valence-corrected chi connectivity index (χ3v) is 7.55. The van der Waals surface area contributed by atoms with E-state index in [1.54, 1.807) is 6.20 Å². The van der Waals surface area contributed by atoms with Crippen LogP contribution in [0, 0.1) is 5.92 Å². The minimum atomic E-state index is -0.0957. The summed E-state index contributed by atoms with van der Waals surface area (Å²) in [6, 6.07) is 4.22. The van der Waals surface area contributed by atoms with Crippen molar-refractivity contribution in [2.24, 2.45) is 13.0 Å². The van der Waals surface area contributed by atoms with Crippen LogP contribution in [0.15, 0.2) is 18.3 Å². The highest BCUT2D eigenvalue weighted by Gasteiger charge is 2.20. The molecule has 0 saturated carbocycles. The number of thiazole rings is 1. The van der Waals surface area contributed by atoms with Gasteiger partial charge in [-0.05, 0) is 56.8 Å². The lowest BCUT2D eigenvalue weighted by Crippen LogP contribution is -2.35. The highest BCUT2D eigenvalue weighted by Crippen LogP contribution is 2.32. The normalized spacial score (nSPS) is 18.1. The van der Waals surface area contributed by atoms with Crippen LogP contribution in [-0.2, 0) is 7.05 Å². The third kappa shape index (κ3) is 4.49. The molecule has 32 heavy (non-hydrogen) atoms. The van der Waals surface area contributed by atoms with Gasteiger partial charge in [-0.3, -0.25) is 4.79 Å². The number of piperidine rings is 1. The Labute approximate surface area is 192 Å². The summed E-state index contributed by atoms with van der Waals surface area (Å²) in [6.07, 6.45) is 9.01. The smallest absolute Gasteiger partial charge is 0.280 e. The minimum Gasteiger partial charge on any atom is -0.357 e. The molecule has 1 amide bonds. The van der Waals surface area contributed by atoms with Crippen molar-refractivity contribution >= 4 is 34.1 Å². The lowest BCUT2D eigenvalue weighted by Gasteiger charge is -2.22. The second kappa shape index (κ2) is 9.54. The number of rotatable bonds is 5. The summed E-state index contributed by atoms with van der Waals surface area (Å²) in [7, 11) is 1.93. The van der Waals surface area contributed by atoms with Gasteiger partial charge in [0.1, 0.15) is 11.5 Å². The molecule has 3 aromatic heterocycles. The Morgan fingerprint density at radius 3 is 2.75 bits per heavy atom. The summed E-state index contributed by atoms with van der Waals surface area (Å²) in [5.74, 6) is 1.47. The molecule has 2 aliphatic heterocycles. The number of pyridine rings is 1. The van der Waals surface area contributed by atoms with Crippen LogP contribution in [0.1, 0.15) is 48.3 Å². The van der Waals surface area contributed by atoms with E-state index in [0.717, 1.165) is 66.4 Å². The molecule has 5 rings (SSSR count). The highest BCUT2D eigenvalue weighted by molar-refractivity contribution is 7.17. The molecule has 2 fully saturated rings. The monoisotopic (exact) mass is 453 g/mol. The largest absolute Gasteiger partial charge is 0.357 e. The van der Waals surface area contributed by atoms with Crippen LogP contribution in [0.5, 0.6) is 0 Å². The molecule has 2 saturated heterocycles. The second-order valence-corrected chi connectivity index (χ2v) is 9.88. The van der Waals surface area contributed by atoms with Gasteiger partial charge in [-0.25, -0.2) is 14.6 Å². The second-order valence-electron chi connectivity index (χ2n) is 8.85. The summed E-state index contributed by atoms with van der Waals surface area (Å²) < 4.78 is 1.84. The zero-order valence-corrected chi connectivity index (χ0v) is 19.5. The van der Waals surface area contributed by atoms with Crippen LogP contribution in [0.25, 0.3) is 21.6 Å². The Kier molecular flexibility index (Phi) is 6.36. The number of hydrogen-bond donors (Lipinski definition) is 2. The zero-order valence-electron chi connectivity index (χ0n) is 18.6. The van der Waals surface area contributed by atoms with E-state index in [1.165, 1.54) is 37.0 Å². The molecule has 0 radical (unpaired) electrons. The minimum absolute atomic E-state index is 0.0957. The Balaban J connectivity index is 1.33. The SMILES string of the molecule is Cn1nc(-c2cnc(C(=O)NCC3CCNCC3)s2)c2ccc(N3CCCCCC3)nc21. The molecule has 0 bridgehead atoms. The number of hydrogen-bond acceptors (Lipinski definition) is 7. The summed E-state index contributed by atoms with van der Waals surface area (Å²) in [5, 5.41) is 12.6. The quantitative estimate of drug-likeness (QED) is 0.617. The first-order chi connectivity index (χ1) is 15.7. The summed E-state index contributed by atoms with van der Waals surface area (Å²) in [6.45, 7) is 4.90. The van der Waals surface area contributed by atoms with Gasteiger partial charge >= 0.3 is 0 Å². The molecule has 9 heteroatoms. The van der Waals surface area contributed by atoms with Gasteiger partial charge in [0.15, 0.2) is 10.7 Å². The van der Waals surface area contributed by atoms with Crippen LogP contribution in [0.4, 0.5) is 5.82 Å². The average molecular weight is 454 g/mol. The fourth-order valence-electron chi connectivity index (χ4n) is 4.67. The van der Waals surface area contributed by atoms with Crippen molar-refractivity contribution in [1.29, 1.82) is 0 Å². The molecular weight excluding hydrogens is 422 g/mol. The maximum absolute atomic E-state index is 12.6. The predicted molar refractivity (Wildman–Crippen MR) is 128 cm³/mol. The molecule has 170 valence electrons. The topological polar surface area (TPSA) is 88.0 Å². The van der Waals surface area contributed by atoms with Gasteiger partial charge in [-0.2, -0.15) is 5.10 Å². The number of nitrogens with zero attached hydrogens (tertiary/aromatic N) is 5.